The molecule has 166 valence electrons. The molecule has 0 saturated carbocycles. The molecule has 3 heterocycles. The number of para-hydroxylation sites is 1. The Morgan fingerprint density at radius 1 is 1.25 bits per heavy atom. The van der Waals surface area contributed by atoms with E-state index in [4.69, 9.17) is 4.74 Å². The van der Waals surface area contributed by atoms with Gasteiger partial charge in [0.15, 0.2) is 0 Å². The molecule has 2 aromatic heterocycles. The van der Waals surface area contributed by atoms with E-state index in [2.05, 4.69) is 15.3 Å². The molecular formula is C24H26N4O4. The second-order valence-corrected chi connectivity index (χ2v) is 8.15. The van der Waals surface area contributed by atoms with Crippen LogP contribution in [-0.4, -0.2) is 44.2 Å². The topological polar surface area (TPSA) is 106 Å². The monoisotopic (exact) mass is 434 g/mol. The van der Waals surface area contributed by atoms with Crippen molar-refractivity contribution < 1.29 is 19.4 Å². The average Bonchev–Trinajstić information content (AvgIpc) is 3.28. The summed E-state index contributed by atoms with van der Waals surface area (Å²) in [5.74, 6) is -2.27. The quantitative estimate of drug-likeness (QED) is 0.574. The van der Waals surface area contributed by atoms with Gasteiger partial charge >= 0.3 is 11.9 Å². The highest BCUT2D eigenvalue weighted by atomic mass is 16.5. The van der Waals surface area contributed by atoms with Gasteiger partial charge in [0.25, 0.3) is 0 Å². The number of benzene rings is 1. The summed E-state index contributed by atoms with van der Waals surface area (Å²) in [7, 11) is 0. The summed E-state index contributed by atoms with van der Waals surface area (Å²) in [5.41, 5.74) is 1.10. The van der Waals surface area contributed by atoms with Gasteiger partial charge in [-0.05, 0) is 38.5 Å². The maximum atomic E-state index is 13.3. The number of allylic oxidation sites excluding steroid dienone is 1. The number of nitrogens with zero attached hydrogens (tertiary/aromatic N) is 3. The number of pyridine rings is 1. The lowest BCUT2D eigenvalue weighted by atomic mass is 9.63. The summed E-state index contributed by atoms with van der Waals surface area (Å²) in [6.45, 7) is 5.78. The Hall–Kier alpha value is -3.68. The second kappa shape index (κ2) is 8.45. The van der Waals surface area contributed by atoms with Gasteiger partial charge in [-0.2, -0.15) is 0 Å². The molecule has 0 bridgehead atoms. The molecule has 0 fully saturated rings. The van der Waals surface area contributed by atoms with E-state index in [0.29, 0.717) is 17.8 Å². The smallest absolute Gasteiger partial charge is 0.336 e. The van der Waals surface area contributed by atoms with Crippen LogP contribution in [0.1, 0.15) is 32.3 Å². The molecule has 0 saturated heterocycles. The molecule has 4 rings (SSSR count). The van der Waals surface area contributed by atoms with E-state index >= 15 is 0 Å². The number of hydrogen-bond donors (Lipinski definition) is 2. The molecule has 2 N–H and O–H groups in total. The highest BCUT2D eigenvalue weighted by Crippen LogP contribution is 2.49. The molecular weight excluding hydrogens is 408 g/mol. The molecule has 0 amide bonds. The number of nitrogens with one attached hydrogen (secondary N) is 1. The van der Waals surface area contributed by atoms with Crippen LogP contribution in [0.5, 0.6) is 0 Å². The zero-order chi connectivity index (χ0) is 22.9. The van der Waals surface area contributed by atoms with Gasteiger partial charge in [0, 0.05) is 41.6 Å². The normalized spacial score (nSPS) is 23.1. The molecule has 3 aromatic rings. The highest BCUT2D eigenvalue weighted by molar-refractivity contribution is 5.96. The maximum absolute atomic E-state index is 13.3. The molecule has 1 aliphatic heterocycles. The Morgan fingerprint density at radius 2 is 2.03 bits per heavy atom. The van der Waals surface area contributed by atoms with Crippen molar-refractivity contribution >= 4 is 22.8 Å². The SMILES string of the molecule is CCOC(=O)C1=C(Cn2ccnc2)NC(C)C(C)(C(=O)O)C1c1ccnc2ccccc12. The third-order valence-corrected chi connectivity index (χ3v) is 6.35. The molecule has 0 spiro atoms. The molecule has 0 radical (unpaired) electrons. The fraction of sp³-hybridized carbons (Fsp3) is 0.333. The van der Waals surface area contributed by atoms with Crippen LogP contribution in [0.2, 0.25) is 0 Å². The number of rotatable bonds is 6. The van der Waals surface area contributed by atoms with Gasteiger partial charge in [-0.3, -0.25) is 9.78 Å². The van der Waals surface area contributed by atoms with Gasteiger partial charge in [0.2, 0.25) is 0 Å². The van der Waals surface area contributed by atoms with E-state index < -0.39 is 29.3 Å². The van der Waals surface area contributed by atoms with Crippen molar-refractivity contribution in [3.05, 3.63) is 72.1 Å². The number of carboxylic acids is 1. The van der Waals surface area contributed by atoms with E-state index in [0.717, 1.165) is 16.5 Å². The van der Waals surface area contributed by atoms with Gasteiger partial charge in [0.05, 0.1) is 36.0 Å². The number of carboxylic acid groups (broad SMARTS) is 1. The molecule has 8 nitrogen and oxygen atoms in total. The summed E-state index contributed by atoms with van der Waals surface area (Å²) in [6.07, 6.45) is 6.77. The van der Waals surface area contributed by atoms with E-state index in [1.807, 2.05) is 35.8 Å². The first-order chi connectivity index (χ1) is 15.4. The number of aliphatic carboxylic acids is 1. The zero-order valence-corrected chi connectivity index (χ0v) is 18.3. The van der Waals surface area contributed by atoms with E-state index in [9.17, 15) is 14.7 Å². The van der Waals surface area contributed by atoms with Crippen LogP contribution in [0.4, 0.5) is 0 Å². The molecule has 8 heteroatoms. The summed E-state index contributed by atoms with van der Waals surface area (Å²) in [6, 6.07) is 8.89. The highest BCUT2D eigenvalue weighted by Gasteiger charge is 2.54. The van der Waals surface area contributed by atoms with E-state index in [1.54, 1.807) is 44.8 Å². The maximum Gasteiger partial charge on any atom is 0.336 e. The van der Waals surface area contributed by atoms with E-state index in [-0.39, 0.29) is 6.61 Å². The number of hydrogen-bond acceptors (Lipinski definition) is 6. The standard InChI is InChI=1S/C24H26N4O4/c1-4-32-22(29)20-19(13-28-12-11-25-14-28)27-15(2)24(3,23(30)31)21(20)17-9-10-26-18-8-6-5-7-16(17)18/h5-12,14-15,21,27H,4,13H2,1-3H3,(H,30,31). The number of fused-ring (bicyclic) bond motifs is 1. The van der Waals surface area contributed by atoms with Crippen LogP contribution < -0.4 is 5.32 Å². The molecule has 32 heavy (non-hydrogen) atoms. The van der Waals surface area contributed by atoms with Crippen LogP contribution in [-0.2, 0) is 20.9 Å². The number of carbonyl (C=O) groups excluding carboxylic acids is 1. The van der Waals surface area contributed by atoms with Crippen molar-refractivity contribution in [1.29, 1.82) is 0 Å². The van der Waals surface area contributed by atoms with Gasteiger partial charge in [-0.1, -0.05) is 18.2 Å². The molecule has 1 aliphatic rings. The first-order valence-corrected chi connectivity index (χ1v) is 10.6. The van der Waals surface area contributed by atoms with Crippen molar-refractivity contribution in [2.75, 3.05) is 6.61 Å². The summed E-state index contributed by atoms with van der Waals surface area (Å²) >= 11 is 0. The van der Waals surface area contributed by atoms with Crippen LogP contribution in [0.3, 0.4) is 0 Å². The largest absolute Gasteiger partial charge is 0.481 e. The number of carbonyl (C=O) groups is 2. The molecule has 0 aliphatic carbocycles. The van der Waals surface area contributed by atoms with Crippen molar-refractivity contribution in [2.45, 2.75) is 39.3 Å². The fourth-order valence-electron chi connectivity index (χ4n) is 4.51. The van der Waals surface area contributed by atoms with E-state index in [1.165, 1.54) is 0 Å². The minimum absolute atomic E-state index is 0.184. The number of esters is 1. The third kappa shape index (κ3) is 3.51. The van der Waals surface area contributed by atoms with Gasteiger partial charge in [-0.15, -0.1) is 0 Å². The molecule has 1 aromatic carbocycles. The second-order valence-electron chi connectivity index (χ2n) is 8.15. The van der Waals surface area contributed by atoms with Crippen LogP contribution in [0.25, 0.3) is 10.9 Å². The van der Waals surface area contributed by atoms with Crippen LogP contribution in [0, 0.1) is 5.41 Å². The lowest BCUT2D eigenvalue weighted by Crippen LogP contribution is -2.55. The minimum atomic E-state index is -1.31. The van der Waals surface area contributed by atoms with Gasteiger partial charge in [0.1, 0.15) is 0 Å². The Balaban J connectivity index is 2.02. The molecule has 3 unspecified atom stereocenters. The zero-order valence-electron chi connectivity index (χ0n) is 18.3. The Bertz CT molecular complexity index is 1180. The number of ether oxygens (including phenoxy) is 1. The lowest BCUT2D eigenvalue weighted by Gasteiger charge is -2.45. The third-order valence-electron chi connectivity index (χ3n) is 6.35. The Labute approximate surface area is 185 Å². The van der Waals surface area contributed by atoms with Crippen molar-refractivity contribution in [3.63, 3.8) is 0 Å². The summed E-state index contributed by atoms with van der Waals surface area (Å²) in [5, 5.41) is 14.5. The predicted octanol–water partition coefficient (Wildman–Crippen LogP) is 3.11. The first kappa shape index (κ1) is 21.5. The van der Waals surface area contributed by atoms with Gasteiger partial charge in [-0.25, -0.2) is 9.78 Å². The van der Waals surface area contributed by atoms with Crippen LogP contribution >= 0.6 is 0 Å². The van der Waals surface area contributed by atoms with Crippen molar-refractivity contribution in [3.8, 4) is 0 Å². The first-order valence-electron chi connectivity index (χ1n) is 10.6. The van der Waals surface area contributed by atoms with Crippen molar-refractivity contribution in [2.24, 2.45) is 5.41 Å². The van der Waals surface area contributed by atoms with Gasteiger partial charge < -0.3 is 19.7 Å². The Kier molecular flexibility index (Phi) is 5.69. The number of imidazole rings is 1. The van der Waals surface area contributed by atoms with Crippen molar-refractivity contribution in [1.82, 2.24) is 19.9 Å². The average molecular weight is 434 g/mol. The summed E-state index contributed by atoms with van der Waals surface area (Å²) in [4.78, 5) is 34.5. The fourth-order valence-corrected chi connectivity index (χ4v) is 4.51. The lowest BCUT2D eigenvalue weighted by molar-refractivity contribution is -0.151. The predicted molar refractivity (Wildman–Crippen MR) is 119 cm³/mol. The van der Waals surface area contributed by atoms with Crippen LogP contribution in [0.15, 0.2) is 66.5 Å². The Morgan fingerprint density at radius 3 is 2.72 bits per heavy atom. The molecule has 3 atom stereocenters. The summed E-state index contributed by atoms with van der Waals surface area (Å²) < 4.78 is 7.27. The number of aromatic nitrogens is 3. The minimum Gasteiger partial charge on any atom is -0.481 e.